The van der Waals surface area contributed by atoms with Gasteiger partial charge in [-0.25, -0.2) is 0 Å². The number of carboxylic acid groups (broad SMARTS) is 1. The smallest absolute Gasteiger partial charge is 0.317 e. The molecular weight excluding hydrogens is 206 g/mol. The average molecular weight is 221 g/mol. The van der Waals surface area contributed by atoms with Crippen LogP contribution in [0.3, 0.4) is 0 Å². The summed E-state index contributed by atoms with van der Waals surface area (Å²) in [7, 11) is 0. The maximum atomic E-state index is 10.4. The third kappa shape index (κ3) is 2.52. The second-order valence-corrected chi connectivity index (χ2v) is 3.90. The molecule has 0 saturated heterocycles. The lowest BCUT2D eigenvalue weighted by Crippen LogP contribution is -2.29. The zero-order chi connectivity index (χ0) is 11.4. The van der Waals surface area contributed by atoms with E-state index >= 15 is 0 Å². The Balaban J connectivity index is 1.99. The van der Waals surface area contributed by atoms with Crippen LogP contribution in [0.5, 0.6) is 5.75 Å². The summed E-state index contributed by atoms with van der Waals surface area (Å²) in [6, 6.07) is 7.93. The highest BCUT2D eigenvalue weighted by atomic mass is 16.5. The first-order chi connectivity index (χ1) is 7.77. The molecule has 86 valence electrons. The fourth-order valence-electron chi connectivity index (χ4n) is 1.98. The Bertz CT molecular complexity index is 378. The van der Waals surface area contributed by atoms with Crippen LogP contribution in [0.25, 0.3) is 0 Å². The van der Waals surface area contributed by atoms with Gasteiger partial charge in [-0.15, -0.1) is 0 Å². The maximum Gasteiger partial charge on any atom is 0.317 e. The van der Waals surface area contributed by atoms with Crippen molar-refractivity contribution in [2.24, 2.45) is 0 Å². The Labute approximate surface area is 94.2 Å². The fourth-order valence-corrected chi connectivity index (χ4v) is 1.98. The van der Waals surface area contributed by atoms with E-state index in [1.54, 1.807) is 0 Å². The Morgan fingerprint density at radius 3 is 3.12 bits per heavy atom. The summed E-state index contributed by atoms with van der Waals surface area (Å²) in [6.45, 7) is 1.41. The van der Waals surface area contributed by atoms with E-state index in [0.717, 1.165) is 12.2 Å². The van der Waals surface area contributed by atoms with Crippen LogP contribution in [0.15, 0.2) is 24.3 Å². The van der Waals surface area contributed by atoms with Crippen molar-refractivity contribution in [3.63, 3.8) is 0 Å². The Morgan fingerprint density at radius 2 is 2.31 bits per heavy atom. The molecule has 1 heterocycles. The average Bonchev–Trinajstić information content (AvgIpc) is 2.29. The number of carbonyl (C=O) groups is 1. The molecule has 1 atom stereocenters. The molecule has 1 aromatic rings. The molecule has 0 amide bonds. The summed E-state index contributed by atoms with van der Waals surface area (Å²) in [5.74, 6) is 0.459. The number of hydrogen-bond acceptors (Lipinski definition) is 3. The van der Waals surface area contributed by atoms with Crippen LogP contribution in [0.1, 0.15) is 17.9 Å². The SMILES string of the molecule is O=C(O)CNCC1CCOc2ccccc21. The van der Waals surface area contributed by atoms with Gasteiger partial charge in [0.05, 0.1) is 13.2 Å². The zero-order valence-corrected chi connectivity index (χ0v) is 8.98. The molecule has 4 nitrogen and oxygen atoms in total. The largest absolute Gasteiger partial charge is 0.493 e. The minimum Gasteiger partial charge on any atom is -0.493 e. The van der Waals surface area contributed by atoms with Gasteiger partial charge in [-0.3, -0.25) is 4.79 Å². The second kappa shape index (κ2) is 4.99. The summed E-state index contributed by atoms with van der Waals surface area (Å²) in [6.07, 6.45) is 0.934. The molecule has 0 saturated carbocycles. The van der Waals surface area contributed by atoms with Gasteiger partial charge in [0.2, 0.25) is 0 Å². The monoisotopic (exact) mass is 221 g/mol. The minimum atomic E-state index is -0.819. The van der Waals surface area contributed by atoms with Gasteiger partial charge >= 0.3 is 5.97 Å². The number of nitrogens with one attached hydrogen (secondary N) is 1. The summed E-state index contributed by atoms with van der Waals surface area (Å²) < 4.78 is 5.54. The van der Waals surface area contributed by atoms with Crippen molar-refractivity contribution in [1.82, 2.24) is 5.32 Å². The van der Waals surface area contributed by atoms with E-state index in [0.29, 0.717) is 19.1 Å². The number of carboxylic acids is 1. The molecular formula is C12H15NO3. The minimum absolute atomic E-state index is 0.0134. The number of para-hydroxylation sites is 1. The van der Waals surface area contributed by atoms with Crippen molar-refractivity contribution in [2.75, 3.05) is 19.7 Å². The molecule has 16 heavy (non-hydrogen) atoms. The van der Waals surface area contributed by atoms with E-state index in [1.165, 1.54) is 5.56 Å². The van der Waals surface area contributed by atoms with Crippen LogP contribution in [0, 0.1) is 0 Å². The van der Waals surface area contributed by atoms with Crippen LogP contribution in [0.4, 0.5) is 0 Å². The van der Waals surface area contributed by atoms with Crippen LogP contribution < -0.4 is 10.1 Å². The molecule has 1 aromatic carbocycles. The van der Waals surface area contributed by atoms with E-state index < -0.39 is 5.97 Å². The van der Waals surface area contributed by atoms with Gasteiger partial charge in [0.25, 0.3) is 0 Å². The highest BCUT2D eigenvalue weighted by molar-refractivity contribution is 5.69. The van der Waals surface area contributed by atoms with Crippen molar-refractivity contribution in [1.29, 1.82) is 0 Å². The first-order valence-electron chi connectivity index (χ1n) is 5.41. The summed E-state index contributed by atoms with van der Waals surface area (Å²) >= 11 is 0. The van der Waals surface area contributed by atoms with E-state index in [4.69, 9.17) is 9.84 Å². The van der Waals surface area contributed by atoms with Gasteiger partial charge in [-0.1, -0.05) is 18.2 Å². The predicted molar refractivity (Wildman–Crippen MR) is 59.8 cm³/mol. The zero-order valence-electron chi connectivity index (χ0n) is 8.98. The number of aliphatic carboxylic acids is 1. The third-order valence-electron chi connectivity index (χ3n) is 2.75. The van der Waals surface area contributed by atoms with Gasteiger partial charge in [0.1, 0.15) is 5.75 Å². The normalized spacial score (nSPS) is 18.6. The predicted octanol–water partition coefficient (Wildman–Crippen LogP) is 1.23. The molecule has 0 fully saturated rings. The molecule has 2 N–H and O–H groups in total. The van der Waals surface area contributed by atoms with E-state index in [9.17, 15) is 4.79 Å². The van der Waals surface area contributed by atoms with Gasteiger partial charge < -0.3 is 15.2 Å². The lowest BCUT2D eigenvalue weighted by Gasteiger charge is -2.25. The van der Waals surface area contributed by atoms with Crippen LogP contribution in [-0.4, -0.2) is 30.8 Å². The maximum absolute atomic E-state index is 10.4. The molecule has 1 unspecified atom stereocenters. The molecule has 0 aliphatic carbocycles. The highest BCUT2D eigenvalue weighted by Gasteiger charge is 2.20. The van der Waals surface area contributed by atoms with Crippen LogP contribution in [-0.2, 0) is 4.79 Å². The second-order valence-electron chi connectivity index (χ2n) is 3.90. The summed E-state index contributed by atoms with van der Waals surface area (Å²) in [4.78, 5) is 10.4. The van der Waals surface area contributed by atoms with E-state index in [2.05, 4.69) is 5.32 Å². The molecule has 1 aliphatic heterocycles. The molecule has 0 radical (unpaired) electrons. The number of ether oxygens (including phenoxy) is 1. The standard InChI is InChI=1S/C12H15NO3/c14-12(15)8-13-7-9-5-6-16-11-4-2-1-3-10(9)11/h1-4,9,13H,5-8H2,(H,14,15). The highest BCUT2D eigenvalue weighted by Crippen LogP contribution is 2.32. The van der Waals surface area contributed by atoms with Crippen LogP contribution in [0.2, 0.25) is 0 Å². The lowest BCUT2D eigenvalue weighted by molar-refractivity contribution is -0.135. The topological polar surface area (TPSA) is 58.6 Å². The van der Waals surface area contributed by atoms with Crippen molar-refractivity contribution >= 4 is 5.97 Å². The molecule has 0 bridgehead atoms. The first-order valence-corrected chi connectivity index (χ1v) is 5.41. The number of fused-ring (bicyclic) bond motifs is 1. The van der Waals surface area contributed by atoms with Gasteiger partial charge in [0, 0.05) is 12.5 Å². The van der Waals surface area contributed by atoms with Crippen molar-refractivity contribution in [2.45, 2.75) is 12.3 Å². The quantitative estimate of drug-likeness (QED) is 0.802. The number of hydrogen-bond donors (Lipinski definition) is 2. The van der Waals surface area contributed by atoms with Crippen molar-refractivity contribution in [3.05, 3.63) is 29.8 Å². The molecule has 2 rings (SSSR count). The Morgan fingerprint density at radius 1 is 1.50 bits per heavy atom. The molecule has 1 aliphatic rings. The molecule has 4 heteroatoms. The van der Waals surface area contributed by atoms with E-state index in [1.807, 2.05) is 24.3 Å². The Hall–Kier alpha value is -1.55. The number of benzene rings is 1. The van der Waals surface area contributed by atoms with Gasteiger partial charge in [-0.05, 0) is 18.1 Å². The number of rotatable bonds is 4. The fraction of sp³-hybridized carbons (Fsp3) is 0.417. The van der Waals surface area contributed by atoms with Crippen LogP contribution >= 0.6 is 0 Å². The summed E-state index contributed by atoms with van der Waals surface area (Å²) in [5.41, 5.74) is 1.17. The third-order valence-corrected chi connectivity index (χ3v) is 2.75. The van der Waals surface area contributed by atoms with Gasteiger partial charge in [0.15, 0.2) is 0 Å². The molecule has 0 aromatic heterocycles. The Kier molecular flexibility index (Phi) is 3.41. The lowest BCUT2D eigenvalue weighted by atomic mass is 9.93. The van der Waals surface area contributed by atoms with Crippen molar-refractivity contribution in [3.8, 4) is 5.75 Å². The van der Waals surface area contributed by atoms with Crippen molar-refractivity contribution < 1.29 is 14.6 Å². The summed E-state index contributed by atoms with van der Waals surface area (Å²) in [5, 5.41) is 11.5. The van der Waals surface area contributed by atoms with Gasteiger partial charge in [-0.2, -0.15) is 0 Å². The first kappa shape index (κ1) is 11.0. The molecule has 0 spiro atoms. The van der Waals surface area contributed by atoms with E-state index in [-0.39, 0.29) is 6.54 Å².